The van der Waals surface area contributed by atoms with E-state index >= 15 is 0 Å². The number of benzene rings is 2. The largest absolute Gasteiger partial charge is 1.00 e. The van der Waals surface area contributed by atoms with Gasteiger partial charge >= 0.3 is 29.6 Å². The average Bonchev–Trinajstić information content (AvgIpc) is 2.29. The number of hydrogen-bond acceptors (Lipinski definition) is 2. The maximum Gasteiger partial charge on any atom is 1.00 e. The van der Waals surface area contributed by atoms with E-state index in [9.17, 15) is 9.90 Å². The van der Waals surface area contributed by atoms with Crippen LogP contribution in [0, 0.1) is 0 Å². The summed E-state index contributed by atoms with van der Waals surface area (Å²) in [4.78, 5) is 11.4. The van der Waals surface area contributed by atoms with Crippen LogP contribution in [0.5, 0.6) is 0 Å². The molecule has 0 N–H and O–H groups in total. The second-order valence-corrected chi connectivity index (χ2v) is 3.23. The fourth-order valence-corrected chi connectivity index (χ4v) is 1.50. The molecule has 0 saturated heterocycles. The second-order valence-electron chi connectivity index (χ2n) is 3.23. The summed E-state index contributed by atoms with van der Waals surface area (Å²) >= 11 is 0. The topological polar surface area (TPSA) is 40.1 Å². The molecule has 0 aliphatic heterocycles. The molecule has 2 rings (SSSR count). The van der Waals surface area contributed by atoms with Crippen LogP contribution < -0.4 is 34.7 Å². The van der Waals surface area contributed by atoms with Gasteiger partial charge in [0.15, 0.2) is 5.78 Å². The maximum atomic E-state index is 11.4. The summed E-state index contributed by atoms with van der Waals surface area (Å²) in [6.07, 6.45) is 1.54. The van der Waals surface area contributed by atoms with Crippen molar-refractivity contribution in [3.05, 3.63) is 60.4 Å². The van der Waals surface area contributed by atoms with Crippen LogP contribution >= 0.6 is 0 Å². The molecule has 0 fully saturated rings. The Morgan fingerprint density at radius 3 is 2.44 bits per heavy atom. The Morgan fingerprint density at radius 1 is 1.06 bits per heavy atom. The van der Waals surface area contributed by atoms with E-state index in [0.717, 1.165) is 16.8 Å². The summed E-state index contributed by atoms with van der Waals surface area (Å²) in [5, 5.41) is 12.3. The molecule has 3 heteroatoms. The molecular weight excluding hydrogens is 211 g/mol. The van der Waals surface area contributed by atoms with Gasteiger partial charge in [-0.05, 0) is 22.9 Å². The molecule has 0 bridgehead atoms. The first-order chi connectivity index (χ1) is 7.31. The van der Waals surface area contributed by atoms with E-state index in [0.29, 0.717) is 11.8 Å². The van der Waals surface area contributed by atoms with Crippen LogP contribution in [0.4, 0.5) is 0 Å². The maximum absolute atomic E-state index is 11.4. The first kappa shape index (κ1) is 13.0. The van der Waals surface area contributed by atoms with Crippen molar-refractivity contribution < 1.29 is 39.5 Å². The molecule has 74 valence electrons. The first-order valence-electron chi connectivity index (χ1n) is 4.63. The molecule has 0 atom stereocenters. The van der Waals surface area contributed by atoms with Crippen LogP contribution in [0.25, 0.3) is 10.8 Å². The number of hydrogen-bond donors (Lipinski definition) is 0. The standard InChI is InChI=1S/C13H10O2.Na/c14-8-7-13(15)12-6-5-10-3-1-2-4-11(10)9-12;/h1-9,14H;/q;+1/p-1/b8-7+;. The van der Waals surface area contributed by atoms with Crippen molar-refractivity contribution in [2.45, 2.75) is 0 Å². The summed E-state index contributed by atoms with van der Waals surface area (Å²) in [5.74, 6) is -0.254. The number of allylic oxidation sites excluding steroid dienone is 1. The van der Waals surface area contributed by atoms with Crippen molar-refractivity contribution >= 4 is 16.6 Å². The van der Waals surface area contributed by atoms with E-state index in [1.807, 2.05) is 30.3 Å². The SMILES string of the molecule is O=C(/C=C/[O-])c1ccc2ccccc2c1.[Na+]. The molecule has 0 aliphatic carbocycles. The third-order valence-corrected chi connectivity index (χ3v) is 2.25. The minimum Gasteiger partial charge on any atom is -0.878 e. The van der Waals surface area contributed by atoms with Gasteiger partial charge in [-0.2, -0.15) is 0 Å². The van der Waals surface area contributed by atoms with Crippen LogP contribution in [0.2, 0.25) is 0 Å². The quantitative estimate of drug-likeness (QED) is 0.279. The number of rotatable bonds is 2. The molecule has 0 spiro atoms. The van der Waals surface area contributed by atoms with Crippen LogP contribution in [0.3, 0.4) is 0 Å². The monoisotopic (exact) mass is 220 g/mol. The molecule has 0 radical (unpaired) electrons. The third kappa shape index (κ3) is 2.73. The van der Waals surface area contributed by atoms with E-state index in [1.165, 1.54) is 0 Å². The minimum absolute atomic E-state index is 0. The van der Waals surface area contributed by atoms with Crippen molar-refractivity contribution in [1.82, 2.24) is 0 Å². The first-order valence-corrected chi connectivity index (χ1v) is 4.63. The summed E-state index contributed by atoms with van der Waals surface area (Å²) in [7, 11) is 0. The van der Waals surface area contributed by atoms with Crippen molar-refractivity contribution in [3.63, 3.8) is 0 Å². The molecule has 16 heavy (non-hydrogen) atoms. The van der Waals surface area contributed by atoms with Crippen LogP contribution in [0.15, 0.2) is 54.8 Å². The van der Waals surface area contributed by atoms with E-state index in [-0.39, 0.29) is 35.3 Å². The van der Waals surface area contributed by atoms with Crippen molar-refractivity contribution in [3.8, 4) is 0 Å². The van der Waals surface area contributed by atoms with Crippen LogP contribution in [0.1, 0.15) is 10.4 Å². The Balaban J connectivity index is 0.00000128. The molecule has 0 saturated carbocycles. The smallest absolute Gasteiger partial charge is 0.878 e. The van der Waals surface area contributed by atoms with E-state index < -0.39 is 0 Å². The molecule has 0 heterocycles. The van der Waals surface area contributed by atoms with Crippen molar-refractivity contribution in [2.24, 2.45) is 0 Å². The Hall–Kier alpha value is -1.09. The van der Waals surface area contributed by atoms with Crippen molar-refractivity contribution in [2.75, 3.05) is 0 Å². The molecule has 2 aromatic carbocycles. The van der Waals surface area contributed by atoms with Gasteiger partial charge in [0.2, 0.25) is 0 Å². The molecule has 0 aromatic heterocycles. The van der Waals surface area contributed by atoms with Gasteiger partial charge in [-0.1, -0.05) is 36.4 Å². The summed E-state index contributed by atoms with van der Waals surface area (Å²) < 4.78 is 0. The van der Waals surface area contributed by atoms with Crippen LogP contribution in [-0.2, 0) is 0 Å². The van der Waals surface area contributed by atoms with Gasteiger partial charge in [0.1, 0.15) is 0 Å². The van der Waals surface area contributed by atoms with E-state index in [1.54, 1.807) is 12.1 Å². The summed E-state index contributed by atoms with van der Waals surface area (Å²) in [5.41, 5.74) is 0.542. The normalized spacial score (nSPS) is 10.2. The number of ketones is 1. The van der Waals surface area contributed by atoms with E-state index in [4.69, 9.17) is 0 Å². The Morgan fingerprint density at radius 2 is 1.75 bits per heavy atom. The number of fused-ring (bicyclic) bond motifs is 1. The summed E-state index contributed by atoms with van der Waals surface area (Å²) in [6.45, 7) is 0. The van der Waals surface area contributed by atoms with Gasteiger partial charge in [-0.15, -0.1) is 6.26 Å². The average molecular weight is 220 g/mol. The predicted molar refractivity (Wildman–Crippen MR) is 57.4 cm³/mol. The van der Waals surface area contributed by atoms with Crippen LogP contribution in [-0.4, -0.2) is 5.78 Å². The van der Waals surface area contributed by atoms with Gasteiger partial charge in [0.05, 0.1) is 0 Å². The molecular formula is C13H9NaO2. The number of carbonyl (C=O) groups is 1. The van der Waals surface area contributed by atoms with E-state index in [2.05, 4.69) is 0 Å². The molecule has 2 nitrogen and oxygen atoms in total. The molecule has 2 aromatic rings. The third-order valence-electron chi connectivity index (χ3n) is 2.25. The minimum atomic E-state index is -0.254. The molecule has 0 unspecified atom stereocenters. The van der Waals surface area contributed by atoms with Gasteiger partial charge in [-0.3, -0.25) is 4.79 Å². The zero-order chi connectivity index (χ0) is 10.7. The zero-order valence-electron chi connectivity index (χ0n) is 9.01. The van der Waals surface area contributed by atoms with Gasteiger partial charge in [-0.25, -0.2) is 0 Å². The second kappa shape index (κ2) is 5.85. The zero-order valence-corrected chi connectivity index (χ0v) is 11.0. The summed E-state index contributed by atoms with van der Waals surface area (Å²) in [6, 6.07) is 13.2. The molecule has 0 amide bonds. The van der Waals surface area contributed by atoms with Gasteiger partial charge in [0, 0.05) is 5.56 Å². The Labute approximate surface area is 116 Å². The van der Waals surface area contributed by atoms with Gasteiger partial charge < -0.3 is 5.11 Å². The fraction of sp³-hybridized carbons (Fsp3) is 0. The Kier molecular flexibility index (Phi) is 4.74. The van der Waals surface area contributed by atoms with Crippen molar-refractivity contribution in [1.29, 1.82) is 0 Å². The Bertz CT molecular complexity index is 532. The fourth-order valence-electron chi connectivity index (χ4n) is 1.50. The predicted octanol–water partition coefficient (Wildman–Crippen LogP) is -1.10. The number of carbonyl (C=O) groups excluding carboxylic acids is 1. The van der Waals surface area contributed by atoms with Gasteiger partial charge in [0.25, 0.3) is 0 Å². The molecule has 0 aliphatic rings.